The van der Waals surface area contributed by atoms with Crippen molar-refractivity contribution in [2.45, 2.75) is 38.6 Å². The molecule has 1 atom stereocenters. The third-order valence-corrected chi connectivity index (χ3v) is 6.06. The van der Waals surface area contributed by atoms with Crippen molar-refractivity contribution in [3.05, 3.63) is 16.3 Å². The molecule has 0 amide bonds. The zero-order valence-corrected chi connectivity index (χ0v) is 13.7. The van der Waals surface area contributed by atoms with E-state index in [1.165, 1.54) is 23.3 Å². The number of carbonyl (C=O) groups is 1. The number of thiophene rings is 1. The molecular weight excluding hydrogens is 312 g/mol. The third kappa shape index (κ3) is 2.68. The van der Waals surface area contributed by atoms with Gasteiger partial charge >= 0.3 is 5.97 Å². The van der Waals surface area contributed by atoms with Gasteiger partial charge in [0.05, 0.1) is 17.8 Å². The van der Waals surface area contributed by atoms with E-state index in [0.717, 1.165) is 29.6 Å². The van der Waals surface area contributed by atoms with E-state index in [4.69, 9.17) is 15.8 Å². The van der Waals surface area contributed by atoms with Crippen molar-refractivity contribution in [3.8, 4) is 0 Å². The Labute approximate surface area is 138 Å². The van der Waals surface area contributed by atoms with Crippen molar-refractivity contribution >= 4 is 33.3 Å². The van der Waals surface area contributed by atoms with Crippen molar-refractivity contribution in [2.75, 3.05) is 18.8 Å². The first-order valence-electron chi connectivity index (χ1n) is 8.13. The SMILES string of the molecule is Nc1nc(CN2CCC(C(=O)O)C2)nc2sc3c(c12)CCCC3. The minimum atomic E-state index is -0.714. The van der Waals surface area contributed by atoms with Crippen molar-refractivity contribution in [2.24, 2.45) is 5.92 Å². The van der Waals surface area contributed by atoms with Gasteiger partial charge in [0.2, 0.25) is 0 Å². The molecule has 1 aliphatic carbocycles. The second-order valence-electron chi connectivity index (χ2n) is 6.48. The van der Waals surface area contributed by atoms with Crippen LogP contribution < -0.4 is 5.73 Å². The van der Waals surface area contributed by atoms with Crippen LogP contribution in [0.25, 0.3) is 10.2 Å². The standard InChI is InChI=1S/C16H20N4O2S/c17-14-13-10-3-1-2-4-11(10)23-15(13)19-12(18-14)8-20-6-5-9(7-20)16(21)22/h9H,1-8H2,(H,21,22)(H2,17,18,19). The van der Waals surface area contributed by atoms with Gasteiger partial charge in [0.15, 0.2) is 0 Å². The number of nitrogens with zero attached hydrogens (tertiary/aromatic N) is 3. The van der Waals surface area contributed by atoms with E-state index in [2.05, 4.69) is 9.88 Å². The minimum Gasteiger partial charge on any atom is -0.481 e. The molecule has 2 aromatic heterocycles. The number of hydrogen-bond acceptors (Lipinski definition) is 6. The van der Waals surface area contributed by atoms with E-state index in [0.29, 0.717) is 31.2 Å². The average molecular weight is 332 g/mol. The Kier molecular flexibility index (Phi) is 3.69. The third-order valence-electron chi connectivity index (χ3n) is 4.88. The molecule has 3 N–H and O–H groups in total. The van der Waals surface area contributed by atoms with Crippen LogP contribution in [0.2, 0.25) is 0 Å². The molecule has 2 aliphatic rings. The molecule has 0 spiro atoms. The number of anilines is 1. The Morgan fingerprint density at radius 3 is 2.96 bits per heavy atom. The molecule has 0 radical (unpaired) electrons. The van der Waals surface area contributed by atoms with Crippen molar-refractivity contribution in [3.63, 3.8) is 0 Å². The van der Waals surface area contributed by atoms with Gasteiger partial charge in [0.25, 0.3) is 0 Å². The van der Waals surface area contributed by atoms with Crippen LogP contribution in [-0.4, -0.2) is 39.0 Å². The molecule has 4 rings (SSSR count). The fourth-order valence-electron chi connectivity index (χ4n) is 3.68. The molecule has 122 valence electrons. The molecule has 0 saturated carbocycles. The summed E-state index contributed by atoms with van der Waals surface area (Å²) in [6, 6.07) is 0. The van der Waals surface area contributed by atoms with Crippen LogP contribution in [0, 0.1) is 5.92 Å². The molecular formula is C16H20N4O2S. The summed E-state index contributed by atoms with van der Waals surface area (Å²) in [7, 11) is 0. The lowest BCUT2D eigenvalue weighted by Gasteiger charge is -2.14. The molecule has 1 unspecified atom stereocenters. The predicted octanol–water partition coefficient (Wildman–Crippen LogP) is 2.06. The van der Waals surface area contributed by atoms with Gasteiger partial charge in [-0.3, -0.25) is 9.69 Å². The number of aromatic nitrogens is 2. The molecule has 1 saturated heterocycles. The Morgan fingerprint density at radius 1 is 1.35 bits per heavy atom. The Hall–Kier alpha value is -1.73. The number of carboxylic acids is 1. The number of nitrogens with two attached hydrogens (primary N) is 1. The number of rotatable bonds is 3. The van der Waals surface area contributed by atoms with Crippen LogP contribution >= 0.6 is 11.3 Å². The van der Waals surface area contributed by atoms with Crippen LogP contribution in [-0.2, 0) is 24.2 Å². The van der Waals surface area contributed by atoms with Crippen LogP contribution in [0.15, 0.2) is 0 Å². The molecule has 1 aliphatic heterocycles. The average Bonchev–Trinajstić information content (AvgIpc) is 3.11. The zero-order chi connectivity index (χ0) is 16.0. The lowest BCUT2D eigenvalue weighted by atomic mass is 9.97. The van der Waals surface area contributed by atoms with Crippen molar-refractivity contribution in [1.29, 1.82) is 0 Å². The number of aryl methyl sites for hydroxylation is 2. The van der Waals surface area contributed by atoms with Gasteiger partial charge in [0, 0.05) is 11.4 Å². The molecule has 0 aromatic carbocycles. The van der Waals surface area contributed by atoms with Gasteiger partial charge in [-0.05, 0) is 44.2 Å². The van der Waals surface area contributed by atoms with Gasteiger partial charge in [-0.1, -0.05) is 0 Å². The Morgan fingerprint density at radius 2 is 2.17 bits per heavy atom. The molecule has 3 heterocycles. The number of hydrogen-bond donors (Lipinski definition) is 2. The summed E-state index contributed by atoms with van der Waals surface area (Å²) in [6.45, 7) is 1.92. The van der Waals surface area contributed by atoms with E-state index in [9.17, 15) is 4.79 Å². The van der Waals surface area contributed by atoms with Crippen LogP contribution in [0.4, 0.5) is 5.82 Å². The Balaban J connectivity index is 1.61. The summed E-state index contributed by atoms with van der Waals surface area (Å²) >= 11 is 1.75. The van der Waals surface area contributed by atoms with Gasteiger partial charge < -0.3 is 10.8 Å². The number of nitrogen functional groups attached to an aromatic ring is 1. The molecule has 23 heavy (non-hydrogen) atoms. The highest BCUT2D eigenvalue weighted by Gasteiger charge is 2.28. The summed E-state index contributed by atoms with van der Waals surface area (Å²) in [4.78, 5) is 24.8. The van der Waals surface area contributed by atoms with E-state index in [1.54, 1.807) is 11.3 Å². The van der Waals surface area contributed by atoms with E-state index < -0.39 is 5.97 Å². The summed E-state index contributed by atoms with van der Waals surface area (Å²) in [5.41, 5.74) is 7.57. The normalized spacial score (nSPS) is 21.7. The zero-order valence-electron chi connectivity index (χ0n) is 12.9. The fraction of sp³-hybridized carbons (Fsp3) is 0.562. The van der Waals surface area contributed by atoms with Gasteiger partial charge in [-0.2, -0.15) is 0 Å². The van der Waals surface area contributed by atoms with Crippen LogP contribution in [0.5, 0.6) is 0 Å². The second kappa shape index (κ2) is 5.72. The molecule has 2 aromatic rings. The largest absolute Gasteiger partial charge is 0.481 e. The lowest BCUT2D eigenvalue weighted by Crippen LogP contribution is -2.24. The number of carboxylic acid groups (broad SMARTS) is 1. The monoisotopic (exact) mass is 332 g/mol. The quantitative estimate of drug-likeness (QED) is 0.894. The van der Waals surface area contributed by atoms with Gasteiger partial charge in [-0.15, -0.1) is 11.3 Å². The summed E-state index contributed by atoms with van der Waals surface area (Å²) in [5.74, 6) is 0.303. The topological polar surface area (TPSA) is 92.3 Å². The first kappa shape index (κ1) is 14.8. The van der Waals surface area contributed by atoms with Crippen LogP contribution in [0.3, 0.4) is 0 Å². The summed E-state index contributed by atoms with van der Waals surface area (Å²) in [6.07, 6.45) is 5.35. The molecule has 6 nitrogen and oxygen atoms in total. The maximum Gasteiger partial charge on any atom is 0.307 e. The first-order valence-corrected chi connectivity index (χ1v) is 8.95. The highest BCUT2D eigenvalue weighted by atomic mass is 32.1. The molecule has 0 bridgehead atoms. The lowest BCUT2D eigenvalue weighted by molar-refractivity contribution is -0.141. The minimum absolute atomic E-state index is 0.273. The maximum atomic E-state index is 11.1. The number of likely N-dealkylation sites (tertiary alicyclic amines) is 1. The highest BCUT2D eigenvalue weighted by molar-refractivity contribution is 7.19. The molecule has 1 fully saturated rings. The first-order chi connectivity index (χ1) is 11.1. The predicted molar refractivity (Wildman–Crippen MR) is 89.5 cm³/mol. The Bertz CT molecular complexity index is 773. The number of aliphatic carboxylic acids is 1. The second-order valence-corrected chi connectivity index (χ2v) is 7.56. The smallest absolute Gasteiger partial charge is 0.307 e. The molecule has 7 heteroatoms. The summed E-state index contributed by atoms with van der Waals surface area (Å²) in [5, 5.41) is 10.2. The highest BCUT2D eigenvalue weighted by Crippen LogP contribution is 2.37. The van der Waals surface area contributed by atoms with Gasteiger partial charge in [0.1, 0.15) is 16.5 Å². The van der Waals surface area contributed by atoms with E-state index in [-0.39, 0.29) is 5.92 Å². The fourth-order valence-corrected chi connectivity index (χ4v) is 4.97. The van der Waals surface area contributed by atoms with Crippen molar-refractivity contribution < 1.29 is 9.90 Å². The van der Waals surface area contributed by atoms with E-state index >= 15 is 0 Å². The van der Waals surface area contributed by atoms with E-state index in [1.807, 2.05) is 0 Å². The maximum absolute atomic E-state index is 11.1. The number of fused-ring (bicyclic) bond motifs is 3. The van der Waals surface area contributed by atoms with Crippen LogP contribution in [0.1, 0.15) is 35.5 Å². The van der Waals surface area contributed by atoms with Crippen molar-refractivity contribution in [1.82, 2.24) is 14.9 Å². The van der Waals surface area contributed by atoms with Gasteiger partial charge in [-0.25, -0.2) is 9.97 Å². The summed E-state index contributed by atoms with van der Waals surface area (Å²) < 4.78 is 0.